The fraction of sp³-hybridized carbons (Fsp3) is 0.188. The number of para-hydroxylation sites is 1. The van der Waals surface area contributed by atoms with E-state index in [0.29, 0.717) is 0 Å². The Labute approximate surface area is 112 Å². The van der Waals surface area contributed by atoms with Gasteiger partial charge in [-0.15, -0.1) is 0 Å². The maximum Gasteiger partial charge on any atom is 0.125 e. The first kappa shape index (κ1) is 11.9. The third-order valence-corrected chi connectivity index (χ3v) is 3.30. The molecule has 2 aromatic heterocycles. The summed E-state index contributed by atoms with van der Waals surface area (Å²) < 4.78 is 5.55. The van der Waals surface area contributed by atoms with Gasteiger partial charge in [-0.05, 0) is 43.8 Å². The molecule has 2 heterocycles. The van der Waals surface area contributed by atoms with Crippen LogP contribution in [0.5, 0.6) is 0 Å². The lowest BCUT2D eigenvalue weighted by molar-refractivity contribution is 0.464. The first-order chi connectivity index (χ1) is 9.29. The van der Waals surface area contributed by atoms with E-state index in [-0.39, 0.29) is 6.04 Å². The number of aromatic nitrogens is 1. The molecule has 0 aliphatic heterocycles. The molecule has 3 heteroatoms. The lowest BCUT2D eigenvalue weighted by atomic mass is 9.99. The molecular formula is C16H16N2O. The summed E-state index contributed by atoms with van der Waals surface area (Å²) in [4.78, 5) is 4.58. The van der Waals surface area contributed by atoms with Crippen molar-refractivity contribution in [3.8, 4) is 0 Å². The Morgan fingerprint density at radius 3 is 2.74 bits per heavy atom. The highest BCUT2D eigenvalue weighted by Crippen LogP contribution is 2.28. The number of pyridine rings is 1. The second-order valence-corrected chi connectivity index (χ2v) is 4.61. The van der Waals surface area contributed by atoms with E-state index in [0.717, 1.165) is 22.4 Å². The van der Waals surface area contributed by atoms with Crippen molar-refractivity contribution in [3.63, 3.8) is 0 Å². The highest BCUT2D eigenvalue weighted by Gasteiger charge is 2.18. The minimum atomic E-state index is 0.0431. The first-order valence-corrected chi connectivity index (χ1v) is 6.36. The summed E-state index contributed by atoms with van der Waals surface area (Å²) in [5.41, 5.74) is 3.23. The molecule has 19 heavy (non-hydrogen) atoms. The quantitative estimate of drug-likeness (QED) is 0.776. The number of hydrogen-bond acceptors (Lipinski definition) is 3. The lowest BCUT2D eigenvalue weighted by Gasteiger charge is -2.17. The fourth-order valence-electron chi connectivity index (χ4n) is 2.49. The van der Waals surface area contributed by atoms with Gasteiger partial charge in [0.05, 0.1) is 17.8 Å². The third kappa shape index (κ3) is 2.13. The summed E-state index contributed by atoms with van der Waals surface area (Å²) >= 11 is 0. The van der Waals surface area contributed by atoms with Crippen molar-refractivity contribution in [3.05, 3.63) is 65.7 Å². The van der Waals surface area contributed by atoms with E-state index in [1.165, 1.54) is 5.56 Å². The largest absolute Gasteiger partial charge is 0.467 e. The van der Waals surface area contributed by atoms with Crippen LogP contribution in [0.1, 0.15) is 23.1 Å². The maximum absolute atomic E-state index is 5.55. The van der Waals surface area contributed by atoms with Crippen LogP contribution in [0.4, 0.5) is 0 Å². The summed E-state index contributed by atoms with van der Waals surface area (Å²) in [7, 11) is 1.94. The van der Waals surface area contributed by atoms with Crippen molar-refractivity contribution in [1.82, 2.24) is 10.3 Å². The van der Waals surface area contributed by atoms with Crippen LogP contribution in [-0.2, 0) is 0 Å². The molecule has 0 amide bonds. The number of nitrogens with zero attached hydrogens (tertiary/aromatic N) is 1. The van der Waals surface area contributed by atoms with Crippen molar-refractivity contribution in [2.24, 2.45) is 0 Å². The van der Waals surface area contributed by atoms with Gasteiger partial charge in [0, 0.05) is 11.1 Å². The van der Waals surface area contributed by atoms with Crippen LogP contribution >= 0.6 is 0 Å². The molecule has 0 spiro atoms. The molecule has 1 N–H and O–H groups in total. The van der Waals surface area contributed by atoms with Crippen molar-refractivity contribution in [2.75, 3.05) is 7.05 Å². The predicted octanol–water partition coefficient (Wildman–Crippen LogP) is 3.45. The smallest absolute Gasteiger partial charge is 0.125 e. The van der Waals surface area contributed by atoms with Crippen molar-refractivity contribution < 1.29 is 4.42 Å². The number of fused-ring (bicyclic) bond motifs is 1. The Balaban J connectivity index is 2.23. The van der Waals surface area contributed by atoms with Crippen LogP contribution in [0.25, 0.3) is 10.9 Å². The van der Waals surface area contributed by atoms with E-state index in [2.05, 4.69) is 22.4 Å². The number of benzene rings is 1. The SMILES string of the molecule is CNC(c1ccco1)c1cc(C)nc2ccccc12. The second kappa shape index (κ2) is 4.86. The molecule has 0 bridgehead atoms. The minimum Gasteiger partial charge on any atom is -0.467 e. The number of nitrogens with one attached hydrogen (secondary N) is 1. The van der Waals surface area contributed by atoms with Gasteiger partial charge in [0.25, 0.3) is 0 Å². The molecular weight excluding hydrogens is 236 g/mol. The number of hydrogen-bond donors (Lipinski definition) is 1. The van der Waals surface area contributed by atoms with Gasteiger partial charge in [-0.2, -0.15) is 0 Å². The lowest BCUT2D eigenvalue weighted by Crippen LogP contribution is -2.17. The second-order valence-electron chi connectivity index (χ2n) is 4.61. The van der Waals surface area contributed by atoms with Gasteiger partial charge in [-0.3, -0.25) is 4.98 Å². The molecule has 0 aliphatic rings. The number of furan rings is 1. The predicted molar refractivity (Wildman–Crippen MR) is 76.1 cm³/mol. The summed E-state index contributed by atoms with van der Waals surface area (Å²) in [6.45, 7) is 2.02. The molecule has 0 saturated heterocycles. The average molecular weight is 252 g/mol. The number of rotatable bonds is 3. The Hall–Kier alpha value is -2.13. The normalized spacial score (nSPS) is 12.7. The Kier molecular flexibility index (Phi) is 3.05. The molecule has 1 atom stereocenters. The molecule has 0 fully saturated rings. The Bertz CT molecular complexity index is 689. The van der Waals surface area contributed by atoms with Gasteiger partial charge in [-0.1, -0.05) is 18.2 Å². The van der Waals surface area contributed by atoms with Gasteiger partial charge in [0.15, 0.2) is 0 Å². The number of aryl methyl sites for hydroxylation is 1. The molecule has 0 saturated carbocycles. The van der Waals surface area contributed by atoms with Crippen LogP contribution < -0.4 is 5.32 Å². The van der Waals surface area contributed by atoms with Crippen LogP contribution in [0.3, 0.4) is 0 Å². The van der Waals surface area contributed by atoms with Crippen LogP contribution in [0.15, 0.2) is 53.1 Å². The molecule has 96 valence electrons. The van der Waals surface area contributed by atoms with E-state index in [1.54, 1.807) is 6.26 Å². The highest BCUT2D eigenvalue weighted by atomic mass is 16.3. The van der Waals surface area contributed by atoms with Crippen molar-refractivity contribution in [2.45, 2.75) is 13.0 Å². The zero-order valence-electron chi connectivity index (χ0n) is 11.1. The molecule has 0 radical (unpaired) electrons. The van der Waals surface area contributed by atoms with Gasteiger partial charge < -0.3 is 9.73 Å². The first-order valence-electron chi connectivity index (χ1n) is 6.36. The van der Waals surface area contributed by atoms with E-state index in [4.69, 9.17) is 4.42 Å². The van der Waals surface area contributed by atoms with E-state index in [1.807, 2.05) is 44.3 Å². The standard InChI is InChI=1S/C16H16N2O/c1-11-10-13(12-6-3-4-7-14(12)18-11)16(17-2)15-8-5-9-19-15/h3-10,16-17H,1-2H3. The minimum absolute atomic E-state index is 0.0431. The van der Waals surface area contributed by atoms with Crippen LogP contribution in [0.2, 0.25) is 0 Å². The van der Waals surface area contributed by atoms with Crippen LogP contribution in [0, 0.1) is 6.92 Å². The molecule has 3 aromatic rings. The molecule has 1 aromatic carbocycles. The summed E-state index contributed by atoms with van der Waals surface area (Å²) in [6.07, 6.45) is 1.70. The summed E-state index contributed by atoms with van der Waals surface area (Å²) in [6, 6.07) is 14.3. The van der Waals surface area contributed by atoms with Gasteiger partial charge in [0.2, 0.25) is 0 Å². The molecule has 3 rings (SSSR count). The fourth-order valence-corrected chi connectivity index (χ4v) is 2.49. The van der Waals surface area contributed by atoms with Crippen molar-refractivity contribution >= 4 is 10.9 Å². The zero-order chi connectivity index (χ0) is 13.2. The molecule has 1 unspecified atom stereocenters. The average Bonchev–Trinajstić information content (AvgIpc) is 2.93. The van der Waals surface area contributed by atoms with Gasteiger partial charge in [0.1, 0.15) is 5.76 Å². The molecule has 3 nitrogen and oxygen atoms in total. The van der Waals surface area contributed by atoms with Crippen LogP contribution in [-0.4, -0.2) is 12.0 Å². The Morgan fingerprint density at radius 2 is 2.00 bits per heavy atom. The summed E-state index contributed by atoms with van der Waals surface area (Å²) in [5, 5.41) is 4.47. The maximum atomic E-state index is 5.55. The van der Waals surface area contributed by atoms with E-state index >= 15 is 0 Å². The zero-order valence-corrected chi connectivity index (χ0v) is 11.1. The Morgan fingerprint density at radius 1 is 1.16 bits per heavy atom. The van der Waals surface area contributed by atoms with Gasteiger partial charge in [-0.25, -0.2) is 0 Å². The summed E-state index contributed by atoms with van der Waals surface area (Å²) in [5.74, 6) is 0.915. The van der Waals surface area contributed by atoms with Gasteiger partial charge >= 0.3 is 0 Å². The monoisotopic (exact) mass is 252 g/mol. The highest BCUT2D eigenvalue weighted by molar-refractivity contribution is 5.83. The van der Waals surface area contributed by atoms with E-state index < -0.39 is 0 Å². The molecule has 0 aliphatic carbocycles. The van der Waals surface area contributed by atoms with E-state index in [9.17, 15) is 0 Å². The third-order valence-electron chi connectivity index (χ3n) is 3.30. The van der Waals surface area contributed by atoms with Crippen molar-refractivity contribution in [1.29, 1.82) is 0 Å². The topological polar surface area (TPSA) is 38.1 Å².